The Hall–Kier alpha value is -4.59. The zero-order valence-electron chi connectivity index (χ0n) is 42.4. The number of carbonyl (C=O) groups is 4. The molecule has 368 valence electrons. The van der Waals surface area contributed by atoms with Crippen molar-refractivity contribution in [1.29, 1.82) is 0 Å². The van der Waals surface area contributed by atoms with E-state index < -0.39 is 40.3 Å². The molecule has 2 heterocycles. The number of rotatable bonds is 19. The van der Waals surface area contributed by atoms with Crippen molar-refractivity contribution >= 4 is 51.7 Å². The fraction of sp³-hybridized carbons (Fsp3) is 0.633. The molecule has 2 aliphatic heterocycles. The fourth-order valence-electron chi connectivity index (χ4n) is 7.06. The molecule has 0 unspecified atom stereocenters. The summed E-state index contributed by atoms with van der Waals surface area (Å²) in [6, 6.07) is 5.75. The van der Waals surface area contributed by atoms with Gasteiger partial charge in [0.2, 0.25) is 0 Å². The lowest BCUT2D eigenvalue weighted by Crippen LogP contribution is -2.46. The van der Waals surface area contributed by atoms with Gasteiger partial charge < -0.3 is 48.1 Å². The molecule has 2 aliphatic rings. The summed E-state index contributed by atoms with van der Waals surface area (Å²) in [5, 5.41) is 2.73. The molecule has 2 atom stereocenters. The zero-order chi connectivity index (χ0) is 49.6. The lowest BCUT2D eigenvalue weighted by molar-refractivity contribution is -0.116. The zero-order valence-corrected chi connectivity index (χ0v) is 44.4. The third kappa shape index (κ3) is 14.0. The highest BCUT2D eigenvalue weighted by Crippen LogP contribution is 2.40. The first-order valence-electron chi connectivity index (χ1n) is 23.0. The fourth-order valence-corrected chi connectivity index (χ4v) is 9.15. The van der Waals surface area contributed by atoms with Crippen LogP contribution in [-0.2, 0) is 18.4 Å². The Morgan fingerprint density at radius 2 is 1.17 bits per heavy atom. The van der Waals surface area contributed by atoms with Crippen LogP contribution >= 0.6 is 0 Å². The summed E-state index contributed by atoms with van der Waals surface area (Å²) in [7, 11) is -1.21. The molecule has 17 heteroatoms. The van der Waals surface area contributed by atoms with Gasteiger partial charge in [-0.2, -0.15) is 0 Å². The van der Waals surface area contributed by atoms with Gasteiger partial charge in [-0.15, -0.1) is 0 Å². The van der Waals surface area contributed by atoms with Crippen LogP contribution in [0.2, 0.25) is 36.3 Å². The Kier molecular flexibility index (Phi) is 17.7. The third-order valence-corrected chi connectivity index (χ3v) is 22.1. The standard InChI is InChI=1S/C49H78N4O11Si2/c1-32-22-33(30-62-65(13,14)48(5,6)7)52(28-32)44(55)36-24-40(58-11)42(26-38(36)50)60-20-18-17-19-21-61-43-27-39(51-46(57)64-47(2,3)4)37(25-41(43)59-12)45(56)53-29-35(54)23-34(53)31-63-66(15,16)49(8,9)10/h24-27,33-34H,1,17-23,28-31,50H2,2-16H3,(H,51,57)/t33-,34-/m0/s1. The lowest BCUT2D eigenvalue weighted by atomic mass is 10.1. The molecule has 0 radical (unpaired) electrons. The number of carbonyl (C=O) groups excluding carboxylic acids is 4. The monoisotopic (exact) mass is 955 g/mol. The number of unbranched alkanes of at least 4 members (excludes halogenated alkanes) is 2. The maximum atomic E-state index is 14.3. The Bertz CT molecular complexity index is 2090. The first kappa shape index (κ1) is 54.0. The van der Waals surface area contributed by atoms with Gasteiger partial charge in [0.05, 0.1) is 76.1 Å². The number of nitrogens with two attached hydrogens (primary N) is 1. The number of amides is 3. The molecule has 0 aliphatic carbocycles. The number of nitrogens with zero attached hydrogens (tertiary/aromatic N) is 2. The molecule has 2 aromatic carbocycles. The van der Waals surface area contributed by atoms with Gasteiger partial charge in [0, 0.05) is 30.8 Å². The van der Waals surface area contributed by atoms with Gasteiger partial charge >= 0.3 is 6.09 Å². The quantitative estimate of drug-likeness (QED) is 0.0591. The highest BCUT2D eigenvalue weighted by molar-refractivity contribution is 6.74. The number of ketones is 1. The van der Waals surface area contributed by atoms with Crippen LogP contribution in [0.3, 0.4) is 0 Å². The molecule has 3 N–H and O–H groups in total. The minimum atomic E-state index is -2.18. The number of hydrogen-bond donors (Lipinski definition) is 2. The second kappa shape index (κ2) is 21.6. The minimum absolute atomic E-state index is 0.0448. The molecule has 2 saturated heterocycles. The number of nitrogen functional groups attached to an aromatic ring is 1. The van der Waals surface area contributed by atoms with Crippen molar-refractivity contribution in [3.05, 3.63) is 47.5 Å². The van der Waals surface area contributed by atoms with Gasteiger partial charge in [-0.05, 0) is 94.9 Å². The minimum Gasteiger partial charge on any atom is -0.493 e. The smallest absolute Gasteiger partial charge is 0.412 e. The number of likely N-dealkylation sites (tertiary alicyclic amines) is 2. The maximum Gasteiger partial charge on any atom is 0.412 e. The topological polar surface area (TPSA) is 177 Å². The second-order valence-electron chi connectivity index (χ2n) is 21.5. The van der Waals surface area contributed by atoms with Crippen LogP contribution in [0, 0.1) is 0 Å². The number of ether oxygens (including phenoxy) is 5. The van der Waals surface area contributed by atoms with Crippen molar-refractivity contribution in [2.24, 2.45) is 0 Å². The highest BCUT2D eigenvalue weighted by Gasteiger charge is 2.42. The van der Waals surface area contributed by atoms with Crippen molar-refractivity contribution < 1.29 is 51.7 Å². The Balaban J connectivity index is 1.40. The summed E-state index contributed by atoms with van der Waals surface area (Å²) in [5.41, 5.74) is 7.57. The van der Waals surface area contributed by atoms with Crippen LogP contribution in [0.15, 0.2) is 36.4 Å². The van der Waals surface area contributed by atoms with E-state index in [-0.39, 0.29) is 70.1 Å². The van der Waals surface area contributed by atoms with Gasteiger partial charge in [0.25, 0.3) is 11.8 Å². The van der Waals surface area contributed by atoms with E-state index in [1.807, 2.05) is 0 Å². The van der Waals surface area contributed by atoms with Gasteiger partial charge in [0.1, 0.15) is 5.60 Å². The number of nitrogens with one attached hydrogen (secondary N) is 1. The van der Waals surface area contributed by atoms with E-state index in [0.717, 1.165) is 12.0 Å². The van der Waals surface area contributed by atoms with E-state index >= 15 is 0 Å². The molecular formula is C49H78N4O11Si2. The number of Topliss-reactive ketones (excluding diaryl/α,β-unsaturated/α-hetero) is 1. The summed E-state index contributed by atoms with van der Waals surface area (Å²) < 4.78 is 42.1. The van der Waals surface area contributed by atoms with E-state index in [4.69, 9.17) is 38.3 Å². The molecule has 2 fully saturated rings. The molecule has 0 aromatic heterocycles. The Morgan fingerprint density at radius 1 is 0.697 bits per heavy atom. The second-order valence-corrected chi connectivity index (χ2v) is 31.2. The first-order valence-corrected chi connectivity index (χ1v) is 28.8. The van der Waals surface area contributed by atoms with Gasteiger partial charge in [-0.3, -0.25) is 19.7 Å². The Labute approximate surface area is 395 Å². The molecule has 0 saturated carbocycles. The number of methoxy groups -OCH3 is 2. The third-order valence-electron chi connectivity index (χ3n) is 13.1. The Morgan fingerprint density at radius 3 is 1.67 bits per heavy atom. The van der Waals surface area contributed by atoms with Crippen molar-refractivity contribution in [3.63, 3.8) is 0 Å². The lowest BCUT2D eigenvalue weighted by Gasteiger charge is -2.38. The van der Waals surface area contributed by atoms with Crippen molar-refractivity contribution in [2.45, 2.75) is 148 Å². The van der Waals surface area contributed by atoms with Gasteiger partial charge in [0.15, 0.2) is 45.4 Å². The summed E-state index contributed by atoms with van der Waals surface area (Å²) in [4.78, 5) is 57.4. The molecule has 66 heavy (non-hydrogen) atoms. The maximum absolute atomic E-state index is 14.3. The first-order chi connectivity index (χ1) is 30.5. The van der Waals surface area contributed by atoms with E-state index in [1.165, 1.54) is 25.2 Å². The van der Waals surface area contributed by atoms with Crippen molar-refractivity contribution in [2.75, 3.05) is 64.8 Å². The van der Waals surface area contributed by atoms with Crippen molar-refractivity contribution in [3.8, 4) is 23.0 Å². The number of hydrogen-bond acceptors (Lipinski definition) is 12. The van der Waals surface area contributed by atoms with Crippen LogP contribution in [0.4, 0.5) is 16.2 Å². The van der Waals surface area contributed by atoms with E-state index in [1.54, 1.807) is 43.9 Å². The molecule has 15 nitrogen and oxygen atoms in total. The predicted molar refractivity (Wildman–Crippen MR) is 264 cm³/mol. The highest BCUT2D eigenvalue weighted by atomic mass is 28.4. The van der Waals surface area contributed by atoms with Crippen LogP contribution in [-0.4, -0.2) is 122 Å². The van der Waals surface area contributed by atoms with Crippen LogP contribution < -0.4 is 30.0 Å². The average Bonchev–Trinajstić information content (AvgIpc) is 3.77. The van der Waals surface area contributed by atoms with Crippen LogP contribution in [0.1, 0.15) is 115 Å². The van der Waals surface area contributed by atoms with Crippen molar-refractivity contribution in [1.82, 2.24) is 9.80 Å². The van der Waals surface area contributed by atoms with E-state index in [9.17, 15) is 19.2 Å². The summed E-state index contributed by atoms with van der Waals surface area (Å²) >= 11 is 0. The summed E-state index contributed by atoms with van der Waals surface area (Å²) in [6.45, 7) is 32.7. The molecule has 0 spiro atoms. The molecular weight excluding hydrogens is 877 g/mol. The molecule has 3 amide bonds. The largest absolute Gasteiger partial charge is 0.493 e. The SMILES string of the molecule is C=C1C[C@@H](CO[Si](C)(C)C(C)(C)C)N(C(=O)c2cc(OC)c(OCCCCCOc3cc(NC(=O)OC(C)(C)C)c(C(=O)N4CC(=O)C[C@H]4CO[Si](C)(C)C(C)(C)C)cc3OC)cc2N)C1. The molecule has 0 bridgehead atoms. The average molecular weight is 955 g/mol. The summed E-state index contributed by atoms with van der Waals surface area (Å²) in [5.74, 6) is 0.712. The molecule has 4 rings (SSSR count). The van der Waals surface area contributed by atoms with Gasteiger partial charge in [-0.25, -0.2) is 4.79 Å². The van der Waals surface area contributed by atoms with E-state index in [2.05, 4.69) is 79.6 Å². The normalized spacial score (nSPS) is 17.3. The number of anilines is 2. The summed E-state index contributed by atoms with van der Waals surface area (Å²) in [6.07, 6.45) is 2.14. The van der Waals surface area contributed by atoms with Crippen LogP contribution in [0.25, 0.3) is 0 Å². The molecule has 2 aromatic rings. The predicted octanol–water partition coefficient (Wildman–Crippen LogP) is 9.86. The van der Waals surface area contributed by atoms with Crippen LogP contribution in [0.5, 0.6) is 23.0 Å². The van der Waals surface area contributed by atoms with E-state index in [0.29, 0.717) is 68.4 Å². The van der Waals surface area contributed by atoms with Gasteiger partial charge in [-0.1, -0.05) is 53.7 Å². The number of benzene rings is 2.